The smallest absolute Gasteiger partial charge is 0.185 e. The number of nitrogens with zero attached hydrogens (tertiary/aromatic N) is 2. The number of fused-ring (bicyclic) bond motifs is 2. The first-order valence-corrected chi connectivity index (χ1v) is 19.0. The maximum absolute atomic E-state index is 13.1. The van der Waals surface area contributed by atoms with Crippen molar-refractivity contribution in [1.82, 2.24) is 0 Å². The van der Waals surface area contributed by atoms with E-state index in [2.05, 4.69) is 136 Å². The summed E-state index contributed by atoms with van der Waals surface area (Å²) in [6, 6.07) is 17.6. The van der Waals surface area contributed by atoms with Gasteiger partial charge in [-0.3, -0.25) is 4.79 Å². The third kappa shape index (κ3) is 8.15. The Kier molecular flexibility index (Phi) is 12.6. The summed E-state index contributed by atoms with van der Waals surface area (Å²) in [5, 5.41) is 0. The molecule has 3 aliphatic rings. The van der Waals surface area contributed by atoms with Crippen molar-refractivity contribution in [3.63, 3.8) is 0 Å². The molecular formula is C47H58N2O. The number of hydrogen-bond acceptors (Lipinski definition) is 3. The molecule has 1 aliphatic carbocycles. The van der Waals surface area contributed by atoms with Gasteiger partial charge in [0.1, 0.15) is 0 Å². The Labute approximate surface area is 302 Å². The SMILES string of the molecule is CCCCCN1/C(=C/C=C/C=C/C=C2\CC\C(=C/C=C/C=C/C=C3/N(CCCCC)c4ccccc4C3(C)C)C2=O)C(C)(C)c2ccccc21. The Bertz CT molecular complexity index is 1620. The molecule has 0 unspecified atom stereocenters. The van der Waals surface area contributed by atoms with Gasteiger partial charge in [-0.05, 0) is 61.1 Å². The molecular weight excluding hydrogens is 609 g/mol. The molecule has 262 valence electrons. The van der Waals surface area contributed by atoms with E-state index in [-0.39, 0.29) is 16.6 Å². The lowest BCUT2D eigenvalue weighted by molar-refractivity contribution is -0.111. The van der Waals surface area contributed by atoms with Crippen LogP contribution >= 0.6 is 0 Å². The van der Waals surface area contributed by atoms with Gasteiger partial charge >= 0.3 is 0 Å². The van der Waals surface area contributed by atoms with Gasteiger partial charge in [0, 0.05) is 57.8 Å². The minimum atomic E-state index is -0.0339. The van der Waals surface area contributed by atoms with Crippen LogP contribution in [0.3, 0.4) is 0 Å². The number of para-hydroxylation sites is 2. The number of allylic oxidation sites excluding steroid dienone is 16. The van der Waals surface area contributed by atoms with Crippen molar-refractivity contribution in [2.24, 2.45) is 0 Å². The minimum Gasteiger partial charge on any atom is -0.344 e. The molecule has 0 radical (unpaired) electrons. The molecule has 2 aromatic rings. The average molecular weight is 667 g/mol. The van der Waals surface area contributed by atoms with Crippen molar-refractivity contribution in [2.45, 2.75) is 104 Å². The van der Waals surface area contributed by atoms with Gasteiger partial charge in [0.25, 0.3) is 0 Å². The highest BCUT2D eigenvalue weighted by atomic mass is 16.1. The standard InChI is InChI=1S/C47H58N2O/c1-7-9-23-35-48-41-29-21-19-27-39(41)46(3,4)43(48)31-17-13-11-15-25-37-33-34-38(45(37)50)26-16-12-14-18-32-44-47(5,6)40-28-20-22-30-42(40)49(44)36-24-10-8-2/h11-22,25-32H,7-10,23-24,33-36H2,1-6H3/b15-11+,16-12+,17-13+,18-14+,37-25+,38-26+,43-31+,44-32+. The molecule has 0 N–H and O–H groups in total. The maximum Gasteiger partial charge on any atom is 0.185 e. The third-order valence-electron chi connectivity index (χ3n) is 10.6. The summed E-state index contributed by atoms with van der Waals surface area (Å²) in [4.78, 5) is 18.1. The molecule has 0 bridgehead atoms. The second-order valence-electron chi connectivity index (χ2n) is 14.9. The molecule has 1 fully saturated rings. The van der Waals surface area contributed by atoms with Crippen LogP contribution in [-0.4, -0.2) is 18.9 Å². The average Bonchev–Trinajstić information content (AvgIpc) is 3.65. The van der Waals surface area contributed by atoms with Crippen molar-refractivity contribution in [3.8, 4) is 0 Å². The molecule has 0 aromatic heterocycles. The van der Waals surface area contributed by atoms with Crippen LogP contribution in [0.25, 0.3) is 0 Å². The third-order valence-corrected chi connectivity index (χ3v) is 10.6. The first kappa shape index (κ1) is 36.9. The molecule has 0 spiro atoms. The van der Waals surface area contributed by atoms with E-state index in [9.17, 15) is 4.79 Å². The Balaban J connectivity index is 1.18. The zero-order valence-electron chi connectivity index (χ0n) is 31.4. The predicted octanol–water partition coefficient (Wildman–Crippen LogP) is 12.2. The Hall–Kier alpha value is -4.37. The summed E-state index contributed by atoms with van der Waals surface area (Å²) in [7, 11) is 0. The number of unbranched alkanes of at least 4 members (excludes halogenated alkanes) is 4. The monoisotopic (exact) mass is 666 g/mol. The quantitative estimate of drug-likeness (QED) is 0.114. The van der Waals surface area contributed by atoms with E-state index in [1.165, 1.54) is 72.4 Å². The lowest BCUT2D eigenvalue weighted by Crippen LogP contribution is -2.27. The fraction of sp³-hybridized carbons (Fsp3) is 0.383. The van der Waals surface area contributed by atoms with E-state index in [0.29, 0.717) is 0 Å². The van der Waals surface area contributed by atoms with Gasteiger partial charge < -0.3 is 9.80 Å². The highest BCUT2D eigenvalue weighted by Crippen LogP contribution is 2.48. The van der Waals surface area contributed by atoms with Crippen molar-refractivity contribution >= 4 is 17.2 Å². The Morgan fingerprint density at radius 2 is 0.920 bits per heavy atom. The van der Waals surface area contributed by atoms with Crippen LogP contribution in [0, 0.1) is 0 Å². The molecule has 3 heteroatoms. The number of ketones is 1. The highest BCUT2D eigenvalue weighted by molar-refractivity contribution is 6.11. The second kappa shape index (κ2) is 17.0. The summed E-state index contributed by atoms with van der Waals surface area (Å²) in [6.45, 7) is 15.9. The summed E-state index contributed by atoms with van der Waals surface area (Å²) in [6.07, 6.45) is 33.9. The molecule has 0 amide bonds. The summed E-state index contributed by atoms with van der Waals surface area (Å²) in [5.74, 6) is 0.165. The van der Waals surface area contributed by atoms with E-state index >= 15 is 0 Å². The normalized spacial score (nSPS) is 21.6. The molecule has 3 nitrogen and oxygen atoms in total. The lowest BCUT2D eigenvalue weighted by atomic mass is 9.84. The fourth-order valence-electron chi connectivity index (χ4n) is 7.72. The van der Waals surface area contributed by atoms with Crippen LogP contribution in [0.5, 0.6) is 0 Å². The van der Waals surface area contributed by atoms with Crippen LogP contribution in [-0.2, 0) is 15.6 Å². The van der Waals surface area contributed by atoms with Gasteiger partial charge in [0.2, 0.25) is 0 Å². The van der Waals surface area contributed by atoms with Crippen LogP contribution in [0.2, 0.25) is 0 Å². The molecule has 5 rings (SSSR count). The van der Waals surface area contributed by atoms with Crippen molar-refractivity contribution in [2.75, 3.05) is 22.9 Å². The lowest BCUT2D eigenvalue weighted by Gasteiger charge is -2.27. The molecule has 0 atom stereocenters. The summed E-state index contributed by atoms with van der Waals surface area (Å²) >= 11 is 0. The first-order valence-electron chi connectivity index (χ1n) is 19.0. The molecule has 0 saturated heterocycles. The molecule has 1 saturated carbocycles. The number of anilines is 2. The van der Waals surface area contributed by atoms with Crippen LogP contribution in [0.4, 0.5) is 11.4 Å². The van der Waals surface area contributed by atoms with E-state index in [1.54, 1.807) is 0 Å². The minimum absolute atomic E-state index is 0.0339. The molecule has 2 aliphatic heterocycles. The largest absolute Gasteiger partial charge is 0.344 e. The van der Waals surface area contributed by atoms with Gasteiger partial charge in [-0.2, -0.15) is 0 Å². The number of benzene rings is 2. The highest BCUT2D eigenvalue weighted by Gasteiger charge is 2.40. The van der Waals surface area contributed by atoms with Gasteiger partial charge in [-0.25, -0.2) is 0 Å². The molecule has 2 aromatic carbocycles. The number of carbonyl (C=O) groups excluding carboxylic acids is 1. The van der Waals surface area contributed by atoms with Crippen molar-refractivity contribution in [1.29, 1.82) is 0 Å². The number of carbonyl (C=O) groups is 1. The van der Waals surface area contributed by atoms with Crippen LogP contribution in [0.15, 0.2) is 144 Å². The van der Waals surface area contributed by atoms with E-state index in [0.717, 1.165) is 37.1 Å². The number of hydrogen-bond donors (Lipinski definition) is 0. The topological polar surface area (TPSA) is 23.6 Å². The zero-order valence-corrected chi connectivity index (χ0v) is 31.4. The summed E-state index contributed by atoms with van der Waals surface area (Å²) in [5.41, 5.74) is 9.85. The number of Topliss-reactive ketones (excluding diaryl/α,β-unsaturated/α-hetero) is 1. The second-order valence-corrected chi connectivity index (χ2v) is 14.9. The maximum atomic E-state index is 13.1. The first-order chi connectivity index (χ1) is 24.2. The molecule has 2 heterocycles. The van der Waals surface area contributed by atoms with Crippen LogP contribution < -0.4 is 9.80 Å². The summed E-state index contributed by atoms with van der Waals surface area (Å²) < 4.78 is 0. The fourth-order valence-corrected chi connectivity index (χ4v) is 7.72. The number of rotatable bonds is 14. The van der Waals surface area contributed by atoms with Gasteiger partial charge in [-0.1, -0.05) is 164 Å². The Morgan fingerprint density at radius 3 is 1.32 bits per heavy atom. The van der Waals surface area contributed by atoms with Crippen molar-refractivity contribution < 1.29 is 4.79 Å². The predicted molar refractivity (Wildman–Crippen MR) is 216 cm³/mol. The van der Waals surface area contributed by atoms with E-state index < -0.39 is 0 Å². The van der Waals surface area contributed by atoms with Crippen molar-refractivity contribution in [3.05, 3.63) is 155 Å². The van der Waals surface area contributed by atoms with E-state index in [1.807, 2.05) is 36.5 Å². The van der Waals surface area contributed by atoms with Gasteiger partial charge in [-0.15, -0.1) is 0 Å². The van der Waals surface area contributed by atoms with Gasteiger partial charge in [0.05, 0.1) is 0 Å². The zero-order chi connectivity index (χ0) is 35.6. The molecule has 50 heavy (non-hydrogen) atoms. The van der Waals surface area contributed by atoms with Gasteiger partial charge in [0.15, 0.2) is 5.78 Å². The van der Waals surface area contributed by atoms with Crippen LogP contribution in [0.1, 0.15) is 104 Å². The Morgan fingerprint density at radius 1 is 0.540 bits per heavy atom. The van der Waals surface area contributed by atoms with E-state index in [4.69, 9.17) is 0 Å².